The van der Waals surface area contributed by atoms with Crippen molar-refractivity contribution in [2.24, 2.45) is 0 Å². The molecule has 0 radical (unpaired) electrons. The fourth-order valence-electron chi connectivity index (χ4n) is 2.13. The Labute approximate surface area is 138 Å². The molecule has 0 aromatic heterocycles. The first kappa shape index (κ1) is 19.2. The van der Waals surface area contributed by atoms with Crippen molar-refractivity contribution in [3.05, 3.63) is 35.4 Å². The van der Waals surface area contributed by atoms with Crippen LogP contribution in [0.25, 0.3) is 0 Å². The number of amides is 1. The summed E-state index contributed by atoms with van der Waals surface area (Å²) in [6, 6.07) is 7.03. The monoisotopic (exact) mass is 321 g/mol. The smallest absolute Gasteiger partial charge is 0.326 e. The maximum Gasteiger partial charge on any atom is 0.326 e. The summed E-state index contributed by atoms with van der Waals surface area (Å²) in [6.45, 7) is 8.01. The van der Waals surface area contributed by atoms with E-state index in [0.29, 0.717) is 13.0 Å². The fraction of sp³-hybridized carbons (Fsp3) is 0.556. The van der Waals surface area contributed by atoms with Crippen LogP contribution in [-0.2, 0) is 20.7 Å². The zero-order valence-corrected chi connectivity index (χ0v) is 14.4. The maximum atomic E-state index is 12.0. The summed E-state index contributed by atoms with van der Waals surface area (Å²) in [5, 5.41) is 11.8. The minimum Gasteiger partial charge on any atom is -0.480 e. The highest BCUT2D eigenvalue weighted by molar-refractivity contribution is 5.83. The highest BCUT2D eigenvalue weighted by atomic mass is 16.5. The predicted molar refractivity (Wildman–Crippen MR) is 89.4 cm³/mol. The van der Waals surface area contributed by atoms with E-state index >= 15 is 0 Å². The summed E-state index contributed by atoms with van der Waals surface area (Å²) < 4.78 is 5.52. The van der Waals surface area contributed by atoms with E-state index in [1.165, 1.54) is 0 Å². The molecule has 0 aliphatic heterocycles. The van der Waals surface area contributed by atoms with Crippen LogP contribution >= 0.6 is 0 Å². The molecule has 1 aromatic rings. The van der Waals surface area contributed by atoms with Gasteiger partial charge in [-0.15, -0.1) is 0 Å². The lowest BCUT2D eigenvalue weighted by molar-refractivity contribution is -0.142. The quantitative estimate of drug-likeness (QED) is 0.772. The molecule has 1 unspecified atom stereocenters. The van der Waals surface area contributed by atoms with Gasteiger partial charge in [-0.3, -0.25) is 4.79 Å². The number of carboxylic acids is 1. The highest BCUT2D eigenvalue weighted by Crippen LogP contribution is 2.09. The normalized spacial score (nSPS) is 12.7. The van der Waals surface area contributed by atoms with Gasteiger partial charge in [-0.1, -0.05) is 29.8 Å². The van der Waals surface area contributed by atoms with Crippen LogP contribution < -0.4 is 5.32 Å². The Kier molecular flexibility index (Phi) is 7.23. The highest BCUT2D eigenvalue weighted by Gasteiger charge is 2.21. The van der Waals surface area contributed by atoms with E-state index in [-0.39, 0.29) is 24.3 Å². The topological polar surface area (TPSA) is 75.6 Å². The summed E-state index contributed by atoms with van der Waals surface area (Å²) in [7, 11) is 0. The number of hydrogen-bond donors (Lipinski definition) is 2. The lowest BCUT2D eigenvalue weighted by Gasteiger charge is -2.21. The number of ether oxygens (including phenoxy) is 1. The lowest BCUT2D eigenvalue weighted by atomic mass is 10.1. The summed E-state index contributed by atoms with van der Waals surface area (Å²) in [5.74, 6) is -1.29. The molecular formula is C18H27NO4. The molecule has 0 saturated carbocycles. The van der Waals surface area contributed by atoms with Crippen molar-refractivity contribution in [1.29, 1.82) is 0 Å². The molecule has 1 amide bonds. The zero-order chi connectivity index (χ0) is 17.5. The van der Waals surface area contributed by atoms with Gasteiger partial charge in [0.25, 0.3) is 0 Å². The molecule has 0 saturated heterocycles. The third kappa shape index (κ3) is 8.35. The number of hydrogen-bond acceptors (Lipinski definition) is 3. The van der Waals surface area contributed by atoms with E-state index in [2.05, 4.69) is 5.32 Å². The van der Waals surface area contributed by atoms with Gasteiger partial charge in [-0.25, -0.2) is 4.79 Å². The Morgan fingerprint density at radius 1 is 1.30 bits per heavy atom. The largest absolute Gasteiger partial charge is 0.480 e. The van der Waals surface area contributed by atoms with Gasteiger partial charge in [0.05, 0.1) is 5.60 Å². The number of aliphatic carboxylic acids is 1. The number of carboxylic acid groups (broad SMARTS) is 1. The van der Waals surface area contributed by atoms with Crippen LogP contribution in [0.3, 0.4) is 0 Å². The first-order valence-corrected chi connectivity index (χ1v) is 7.89. The molecule has 0 heterocycles. The van der Waals surface area contributed by atoms with E-state index in [0.717, 1.165) is 11.1 Å². The first-order valence-electron chi connectivity index (χ1n) is 7.89. The summed E-state index contributed by atoms with van der Waals surface area (Å²) in [5.41, 5.74) is 1.90. The standard InChI is InChI=1S/C18H27NO4/c1-13-6-5-7-14(12-13)8-9-16(20)19-15(17(21)22)10-11-23-18(2,3)4/h5-7,12,15H,8-11H2,1-4H3,(H,19,20)(H,21,22). The number of carbonyl (C=O) groups excluding carboxylic acids is 1. The van der Waals surface area contributed by atoms with Crippen LogP contribution in [0.2, 0.25) is 0 Å². The van der Waals surface area contributed by atoms with Crippen LogP contribution in [0.1, 0.15) is 44.7 Å². The molecule has 2 N–H and O–H groups in total. The second-order valence-electron chi connectivity index (χ2n) is 6.70. The third-order valence-corrected chi connectivity index (χ3v) is 3.30. The van der Waals surface area contributed by atoms with Crippen molar-refractivity contribution < 1.29 is 19.4 Å². The van der Waals surface area contributed by atoms with Gasteiger partial charge >= 0.3 is 5.97 Å². The number of benzene rings is 1. The van der Waals surface area contributed by atoms with Gasteiger partial charge in [-0.2, -0.15) is 0 Å². The van der Waals surface area contributed by atoms with E-state index in [9.17, 15) is 14.7 Å². The molecule has 5 heteroatoms. The van der Waals surface area contributed by atoms with Gasteiger partial charge in [0, 0.05) is 19.4 Å². The molecule has 128 valence electrons. The van der Waals surface area contributed by atoms with E-state index < -0.39 is 12.0 Å². The number of carbonyl (C=O) groups is 2. The van der Waals surface area contributed by atoms with Crippen LogP contribution in [-0.4, -0.2) is 35.2 Å². The summed E-state index contributed by atoms with van der Waals surface area (Å²) in [6.07, 6.45) is 1.12. The fourth-order valence-corrected chi connectivity index (χ4v) is 2.13. The molecule has 5 nitrogen and oxygen atoms in total. The Balaban J connectivity index is 2.43. The minimum absolute atomic E-state index is 0.253. The Morgan fingerprint density at radius 2 is 2.00 bits per heavy atom. The molecule has 1 aromatic carbocycles. The van der Waals surface area contributed by atoms with Gasteiger partial charge in [-0.05, 0) is 39.7 Å². The summed E-state index contributed by atoms with van der Waals surface area (Å²) >= 11 is 0. The van der Waals surface area contributed by atoms with Crippen molar-refractivity contribution in [2.45, 2.75) is 58.6 Å². The van der Waals surface area contributed by atoms with Crippen molar-refractivity contribution >= 4 is 11.9 Å². The molecular weight excluding hydrogens is 294 g/mol. The Morgan fingerprint density at radius 3 is 2.57 bits per heavy atom. The lowest BCUT2D eigenvalue weighted by Crippen LogP contribution is -2.42. The van der Waals surface area contributed by atoms with Gasteiger partial charge in [0.1, 0.15) is 6.04 Å². The average molecular weight is 321 g/mol. The van der Waals surface area contributed by atoms with E-state index in [1.807, 2.05) is 52.0 Å². The molecule has 23 heavy (non-hydrogen) atoms. The number of aryl methyl sites for hydroxylation is 2. The average Bonchev–Trinajstić information content (AvgIpc) is 2.42. The zero-order valence-electron chi connectivity index (χ0n) is 14.4. The molecule has 1 rings (SSSR count). The number of rotatable bonds is 8. The SMILES string of the molecule is Cc1cccc(CCC(=O)NC(CCOC(C)(C)C)C(=O)O)c1. The van der Waals surface area contributed by atoms with Crippen molar-refractivity contribution in [3.8, 4) is 0 Å². The molecule has 0 bridgehead atoms. The first-order chi connectivity index (χ1) is 10.7. The molecule has 1 atom stereocenters. The molecule has 0 aliphatic carbocycles. The second-order valence-corrected chi connectivity index (χ2v) is 6.70. The van der Waals surface area contributed by atoms with Crippen LogP contribution in [0.15, 0.2) is 24.3 Å². The van der Waals surface area contributed by atoms with Crippen molar-refractivity contribution in [2.75, 3.05) is 6.61 Å². The van der Waals surface area contributed by atoms with Crippen LogP contribution in [0.5, 0.6) is 0 Å². The Hall–Kier alpha value is -1.88. The predicted octanol–water partition coefficient (Wildman–Crippen LogP) is 2.70. The van der Waals surface area contributed by atoms with Crippen molar-refractivity contribution in [3.63, 3.8) is 0 Å². The minimum atomic E-state index is -1.04. The maximum absolute atomic E-state index is 12.0. The molecule has 0 aliphatic rings. The van der Waals surface area contributed by atoms with Gasteiger partial charge in [0.2, 0.25) is 5.91 Å². The van der Waals surface area contributed by atoms with Crippen LogP contribution in [0.4, 0.5) is 0 Å². The second kappa shape index (κ2) is 8.67. The van der Waals surface area contributed by atoms with Gasteiger partial charge in [0.15, 0.2) is 0 Å². The van der Waals surface area contributed by atoms with E-state index in [4.69, 9.17) is 4.74 Å². The van der Waals surface area contributed by atoms with Crippen molar-refractivity contribution in [1.82, 2.24) is 5.32 Å². The molecule has 0 spiro atoms. The third-order valence-electron chi connectivity index (χ3n) is 3.30. The number of nitrogens with one attached hydrogen (secondary N) is 1. The van der Waals surface area contributed by atoms with Crippen LogP contribution in [0, 0.1) is 6.92 Å². The molecule has 0 fully saturated rings. The van der Waals surface area contributed by atoms with E-state index in [1.54, 1.807) is 0 Å². The summed E-state index contributed by atoms with van der Waals surface area (Å²) in [4.78, 5) is 23.2. The Bertz CT molecular complexity index is 534. The van der Waals surface area contributed by atoms with Gasteiger partial charge < -0.3 is 15.2 Å².